The highest BCUT2D eigenvalue weighted by atomic mass is 35.5. The molecular formula is C13H21ClN4. The van der Waals surface area contributed by atoms with E-state index < -0.39 is 0 Å². The number of anilines is 1. The zero-order valence-electron chi connectivity index (χ0n) is 11.0. The van der Waals surface area contributed by atoms with Crippen molar-refractivity contribution in [3.8, 4) is 0 Å². The number of nitrogens with two attached hydrogens (primary N) is 1. The number of hydrogen-bond acceptors (Lipinski definition) is 4. The lowest BCUT2D eigenvalue weighted by Crippen LogP contribution is -2.33. The second-order valence-electron chi connectivity index (χ2n) is 5.19. The summed E-state index contributed by atoms with van der Waals surface area (Å²) >= 11 is 6.20. The molecule has 1 aromatic rings. The summed E-state index contributed by atoms with van der Waals surface area (Å²) in [6.07, 6.45) is 2.53. The third-order valence-corrected chi connectivity index (χ3v) is 3.95. The summed E-state index contributed by atoms with van der Waals surface area (Å²) in [4.78, 5) is 6.91. The first-order valence-electron chi connectivity index (χ1n) is 6.48. The predicted octanol–water partition coefficient (Wildman–Crippen LogP) is 2.64. The summed E-state index contributed by atoms with van der Waals surface area (Å²) in [6.45, 7) is 6.48. The van der Waals surface area contributed by atoms with E-state index in [9.17, 15) is 0 Å². The Balaban J connectivity index is 2.13. The number of pyridine rings is 1. The Hall–Kier alpha value is -0.840. The number of hydrazine groups is 1. The molecule has 2 rings (SSSR count). The smallest absolute Gasteiger partial charge is 0.140 e. The van der Waals surface area contributed by atoms with Crippen LogP contribution < -0.4 is 11.3 Å². The van der Waals surface area contributed by atoms with E-state index in [0.29, 0.717) is 22.8 Å². The summed E-state index contributed by atoms with van der Waals surface area (Å²) in [6, 6.07) is 4.27. The highest BCUT2D eigenvalue weighted by Gasteiger charge is 2.27. The van der Waals surface area contributed by atoms with Crippen LogP contribution in [0.3, 0.4) is 0 Å². The summed E-state index contributed by atoms with van der Waals surface area (Å²) in [5.41, 5.74) is 3.47. The first-order chi connectivity index (χ1) is 8.61. The fourth-order valence-electron chi connectivity index (χ4n) is 2.67. The van der Waals surface area contributed by atoms with E-state index in [0.717, 1.165) is 18.8 Å². The Labute approximate surface area is 113 Å². The van der Waals surface area contributed by atoms with Crippen LogP contribution in [-0.2, 0) is 6.54 Å². The van der Waals surface area contributed by atoms with Gasteiger partial charge in [-0.05, 0) is 37.4 Å². The van der Waals surface area contributed by atoms with Crippen molar-refractivity contribution in [2.45, 2.75) is 39.3 Å². The third-order valence-electron chi connectivity index (χ3n) is 3.60. The van der Waals surface area contributed by atoms with E-state index in [2.05, 4.69) is 29.2 Å². The molecule has 1 saturated heterocycles. The number of aromatic nitrogens is 1. The van der Waals surface area contributed by atoms with Crippen LogP contribution in [0.15, 0.2) is 12.1 Å². The van der Waals surface area contributed by atoms with Crippen molar-refractivity contribution >= 4 is 17.4 Å². The maximum atomic E-state index is 6.20. The van der Waals surface area contributed by atoms with Crippen molar-refractivity contribution in [1.29, 1.82) is 0 Å². The van der Waals surface area contributed by atoms with Crippen molar-refractivity contribution in [3.63, 3.8) is 0 Å². The van der Waals surface area contributed by atoms with Gasteiger partial charge >= 0.3 is 0 Å². The number of nitrogens with zero attached hydrogens (tertiary/aromatic N) is 2. The molecule has 0 bridgehead atoms. The van der Waals surface area contributed by atoms with Crippen LogP contribution in [0.1, 0.15) is 32.4 Å². The van der Waals surface area contributed by atoms with Crippen LogP contribution in [0.4, 0.5) is 5.82 Å². The summed E-state index contributed by atoms with van der Waals surface area (Å²) < 4.78 is 0. The molecule has 0 spiro atoms. The average Bonchev–Trinajstić information content (AvgIpc) is 2.80. The molecule has 0 aromatic carbocycles. The van der Waals surface area contributed by atoms with Gasteiger partial charge in [-0.15, -0.1) is 0 Å². The molecule has 0 radical (unpaired) electrons. The molecule has 4 nitrogen and oxygen atoms in total. The fraction of sp³-hybridized carbons (Fsp3) is 0.615. The van der Waals surface area contributed by atoms with Gasteiger partial charge in [0.2, 0.25) is 0 Å². The number of halogens is 1. The molecule has 1 fully saturated rings. The lowest BCUT2D eigenvalue weighted by atomic mass is 10.0. The Kier molecular flexibility index (Phi) is 4.43. The lowest BCUT2D eigenvalue weighted by Gasteiger charge is -2.27. The second kappa shape index (κ2) is 5.87. The number of nitrogen functional groups attached to an aromatic ring is 1. The first-order valence-corrected chi connectivity index (χ1v) is 6.85. The number of nitrogens with one attached hydrogen (secondary N) is 1. The van der Waals surface area contributed by atoms with E-state index in [-0.39, 0.29) is 0 Å². The maximum absolute atomic E-state index is 6.20. The molecule has 1 aliphatic rings. The number of likely N-dealkylation sites (tertiary alicyclic amines) is 1. The van der Waals surface area contributed by atoms with Gasteiger partial charge in [-0.3, -0.25) is 4.90 Å². The zero-order valence-corrected chi connectivity index (χ0v) is 11.7. The minimum absolute atomic E-state index is 0.636. The molecule has 2 heterocycles. The summed E-state index contributed by atoms with van der Waals surface area (Å²) in [5.74, 6) is 6.71. The van der Waals surface area contributed by atoms with Gasteiger partial charge in [-0.1, -0.05) is 25.4 Å². The Morgan fingerprint density at radius 3 is 3.00 bits per heavy atom. The molecule has 1 aliphatic heterocycles. The molecule has 3 N–H and O–H groups in total. The summed E-state index contributed by atoms with van der Waals surface area (Å²) in [7, 11) is 0. The predicted molar refractivity (Wildman–Crippen MR) is 75.3 cm³/mol. The van der Waals surface area contributed by atoms with Gasteiger partial charge < -0.3 is 5.43 Å². The van der Waals surface area contributed by atoms with Gasteiger partial charge in [0.1, 0.15) is 5.82 Å². The molecule has 1 unspecified atom stereocenters. The van der Waals surface area contributed by atoms with Gasteiger partial charge in [-0.25, -0.2) is 10.8 Å². The van der Waals surface area contributed by atoms with Crippen LogP contribution in [0.25, 0.3) is 0 Å². The van der Waals surface area contributed by atoms with Crippen LogP contribution in [0, 0.1) is 5.92 Å². The molecule has 100 valence electrons. The van der Waals surface area contributed by atoms with Crippen LogP contribution >= 0.6 is 11.6 Å². The molecule has 1 atom stereocenters. The van der Waals surface area contributed by atoms with Gasteiger partial charge in [0.15, 0.2) is 0 Å². The van der Waals surface area contributed by atoms with Gasteiger partial charge in [-0.2, -0.15) is 0 Å². The first kappa shape index (κ1) is 13.6. The van der Waals surface area contributed by atoms with Crippen molar-refractivity contribution in [2.24, 2.45) is 11.8 Å². The molecule has 18 heavy (non-hydrogen) atoms. The Bertz CT molecular complexity index is 408. The zero-order chi connectivity index (χ0) is 13.1. The molecule has 0 amide bonds. The van der Waals surface area contributed by atoms with Crippen LogP contribution in [0.2, 0.25) is 5.02 Å². The number of rotatable bonds is 4. The monoisotopic (exact) mass is 268 g/mol. The minimum Gasteiger partial charge on any atom is -0.308 e. The fourth-order valence-corrected chi connectivity index (χ4v) is 2.84. The largest absolute Gasteiger partial charge is 0.308 e. The topological polar surface area (TPSA) is 54.2 Å². The van der Waals surface area contributed by atoms with Gasteiger partial charge in [0, 0.05) is 12.6 Å². The SMILES string of the molecule is CC(C)C1CCCN1Cc1nc(NN)ccc1Cl. The average molecular weight is 269 g/mol. The maximum Gasteiger partial charge on any atom is 0.140 e. The van der Waals surface area contributed by atoms with E-state index in [1.807, 2.05) is 6.07 Å². The second-order valence-corrected chi connectivity index (χ2v) is 5.60. The Morgan fingerprint density at radius 2 is 2.33 bits per heavy atom. The van der Waals surface area contributed by atoms with E-state index in [1.54, 1.807) is 6.07 Å². The summed E-state index contributed by atoms with van der Waals surface area (Å²) in [5, 5.41) is 0.711. The highest BCUT2D eigenvalue weighted by molar-refractivity contribution is 6.31. The van der Waals surface area contributed by atoms with E-state index in [1.165, 1.54) is 12.8 Å². The molecule has 5 heteroatoms. The third kappa shape index (κ3) is 2.94. The highest BCUT2D eigenvalue weighted by Crippen LogP contribution is 2.27. The van der Waals surface area contributed by atoms with E-state index >= 15 is 0 Å². The van der Waals surface area contributed by atoms with E-state index in [4.69, 9.17) is 17.4 Å². The molecule has 1 aromatic heterocycles. The van der Waals surface area contributed by atoms with Crippen molar-refractivity contribution < 1.29 is 0 Å². The quantitative estimate of drug-likeness (QED) is 0.651. The molecular weight excluding hydrogens is 248 g/mol. The minimum atomic E-state index is 0.636. The standard InChI is InChI=1S/C13H21ClN4/c1-9(2)12-4-3-7-18(12)8-11-10(14)5-6-13(16-11)17-15/h5-6,9,12H,3-4,7-8,15H2,1-2H3,(H,16,17). The normalized spacial score (nSPS) is 20.6. The molecule has 0 aliphatic carbocycles. The van der Waals surface area contributed by atoms with Crippen molar-refractivity contribution in [1.82, 2.24) is 9.88 Å². The van der Waals surface area contributed by atoms with Gasteiger partial charge in [0.05, 0.1) is 10.7 Å². The molecule has 0 saturated carbocycles. The van der Waals surface area contributed by atoms with Gasteiger partial charge in [0.25, 0.3) is 0 Å². The van der Waals surface area contributed by atoms with Crippen LogP contribution in [-0.4, -0.2) is 22.5 Å². The Morgan fingerprint density at radius 1 is 1.56 bits per heavy atom. The van der Waals surface area contributed by atoms with Crippen LogP contribution in [0.5, 0.6) is 0 Å². The van der Waals surface area contributed by atoms with Crippen molar-refractivity contribution in [2.75, 3.05) is 12.0 Å². The van der Waals surface area contributed by atoms with Crippen molar-refractivity contribution in [3.05, 3.63) is 22.8 Å². The lowest BCUT2D eigenvalue weighted by molar-refractivity contribution is 0.197. The number of hydrogen-bond donors (Lipinski definition) is 2.